The zero-order valence-corrected chi connectivity index (χ0v) is 7.70. The summed E-state index contributed by atoms with van der Waals surface area (Å²) in [6, 6.07) is -0.713. The van der Waals surface area contributed by atoms with Crippen LogP contribution in [0.3, 0.4) is 0 Å². The maximum atomic E-state index is 10.4. The average molecular weight is 187 g/mol. The first-order valence-corrected chi connectivity index (χ1v) is 4.61. The van der Waals surface area contributed by atoms with E-state index in [0.29, 0.717) is 6.42 Å². The molecule has 4 N–H and O–H groups in total. The van der Waals surface area contributed by atoms with Crippen molar-refractivity contribution >= 4 is 5.97 Å². The van der Waals surface area contributed by atoms with Crippen molar-refractivity contribution in [3.8, 4) is 0 Å². The number of carboxylic acid groups (broad SMARTS) is 1. The van der Waals surface area contributed by atoms with Crippen molar-refractivity contribution in [3.05, 3.63) is 0 Å². The molecular formula is C8H17N3O2. The third-order valence-corrected chi connectivity index (χ3v) is 2.28. The Labute approximate surface area is 77.9 Å². The molecule has 1 heterocycles. The smallest absolute Gasteiger partial charge is 0.320 e. The van der Waals surface area contributed by atoms with Gasteiger partial charge in [0.05, 0.1) is 0 Å². The lowest BCUT2D eigenvalue weighted by molar-refractivity contribution is -0.138. The second kappa shape index (κ2) is 5.16. The summed E-state index contributed by atoms with van der Waals surface area (Å²) in [6.45, 7) is 4.75. The lowest BCUT2D eigenvalue weighted by Gasteiger charge is -2.27. The largest absolute Gasteiger partial charge is 0.480 e. The standard InChI is InChI=1S/C8H17N3O2/c9-7(8(12)13)1-4-11-5-2-10-3-6-11/h7,10H,1-6,9H2,(H,12,13). The number of rotatable bonds is 4. The molecular weight excluding hydrogens is 170 g/mol. The molecule has 0 saturated carbocycles. The maximum absolute atomic E-state index is 10.4. The van der Waals surface area contributed by atoms with Crippen LogP contribution >= 0.6 is 0 Å². The number of carboxylic acids is 1. The molecule has 5 heteroatoms. The van der Waals surface area contributed by atoms with Gasteiger partial charge in [-0.05, 0) is 6.42 Å². The molecule has 5 nitrogen and oxygen atoms in total. The fraction of sp³-hybridized carbons (Fsp3) is 0.875. The van der Waals surface area contributed by atoms with Crippen molar-refractivity contribution in [1.82, 2.24) is 10.2 Å². The van der Waals surface area contributed by atoms with E-state index in [4.69, 9.17) is 10.8 Å². The van der Waals surface area contributed by atoms with Crippen molar-refractivity contribution in [2.24, 2.45) is 5.73 Å². The van der Waals surface area contributed by atoms with Crippen LogP contribution in [0.25, 0.3) is 0 Å². The fourth-order valence-electron chi connectivity index (χ4n) is 1.38. The summed E-state index contributed by atoms with van der Waals surface area (Å²) in [4.78, 5) is 12.7. The predicted molar refractivity (Wildman–Crippen MR) is 49.5 cm³/mol. The van der Waals surface area contributed by atoms with Gasteiger partial charge in [-0.25, -0.2) is 0 Å². The van der Waals surface area contributed by atoms with Crippen LogP contribution in [0.5, 0.6) is 0 Å². The van der Waals surface area contributed by atoms with Gasteiger partial charge in [-0.15, -0.1) is 0 Å². The Kier molecular flexibility index (Phi) is 4.14. The van der Waals surface area contributed by atoms with E-state index in [-0.39, 0.29) is 0 Å². The average Bonchev–Trinajstić information content (AvgIpc) is 2.15. The molecule has 13 heavy (non-hydrogen) atoms. The van der Waals surface area contributed by atoms with Crippen LogP contribution in [-0.4, -0.2) is 54.7 Å². The summed E-state index contributed by atoms with van der Waals surface area (Å²) in [5.41, 5.74) is 5.39. The van der Waals surface area contributed by atoms with Gasteiger partial charge < -0.3 is 21.1 Å². The van der Waals surface area contributed by atoms with Crippen LogP contribution in [0.15, 0.2) is 0 Å². The number of nitrogens with one attached hydrogen (secondary N) is 1. The van der Waals surface area contributed by atoms with Crippen LogP contribution in [0.1, 0.15) is 6.42 Å². The third kappa shape index (κ3) is 3.71. The number of carbonyl (C=O) groups is 1. The van der Waals surface area contributed by atoms with Crippen molar-refractivity contribution in [2.45, 2.75) is 12.5 Å². The highest BCUT2D eigenvalue weighted by Gasteiger charge is 2.14. The van der Waals surface area contributed by atoms with Gasteiger partial charge in [0.2, 0.25) is 0 Å². The molecule has 1 atom stereocenters. The first kappa shape index (κ1) is 10.4. The first-order chi connectivity index (χ1) is 6.20. The highest BCUT2D eigenvalue weighted by atomic mass is 16.4. The number of piperazine rings is 1. The van der Waals surface area contributed by atoms with E-state index in [1.54, 1.807) is 0 Å². The van der Waals surface area contributed by atoms with Gasteiger partial charge in [-0.2, -0.15) is 0 Å². The van der Waals surface area contributed by atoms with E-state index in [0.717, 1.165) is 32.7 Å². The van der Waals surface area contributed by atoms with Crippen molar-refractivity contribution < 1.29 is 9.90 Å². The van der Waals surface area contributed by atoms with Crippen LogP contribution in [0.2, 0.25) is 0 Å². The van der Waals surface area contributed by atoms with Crippen LogP contribution in [0, 0.1) is 0 Å². The number of aliphatic carboxylic acids is 1. The maximum Gasteiger partial charge on any atom is 0.320 e. The van der Waals surface area contributed by atoms with E-state index in [9.17, 15) is 4.79 Å². The lowest BCUT2D eigenvalue weighted by Crippen LogP contribution is -2.45. The van der Waals surface area contributed by atoms with Gasteiger partial charge in [-0.3, -0.25) is 4.79 Å². The Bertz CT molecular complexity index is 169. The van der Waals surface area contributed by atoms with Crippen molar-refractivity contribution in [3.63, 3.8) is 0 Å². The topological polar surface area (TPSA) is 78.6 Å². The Morgan fingerprint density at radius 1 is 1.54 bits per heavy atom. The summed E-state index contributed by atoms with van der Waals surface area (Å²) in [5.74, 6) is -0.907. The minimum Gasteiger partial charge on any atom is -0.480 e. The predicted octanol–water partition coefficient (Wildman–Crippen LogP) is -1.31. The van der Waals surface area contributed by atoms with E-state index in [1.807, 2.05) is 0 Å². The number of hydrogen-bond donors (Lipinski definition) is 3. The molecule has 0 bridgehead atoms. The molecule has 1 saturated heterocycles. The SMILES string of the molecule is NC(CCN1CCNCC1)C(=O)O. The molecule has 76 valence electrons. The molecule has 0 amide bonds. The van der Waals surface area contributed by atoms with E-state index in [2.05, 4.69) is 10.2 Å². The molecule has 1 fully saturated rings. The number of nitrogens with zero attached hydrogens (tertiary/aromatic N) is 1. The van der Waals surface area contributed by atoms with E-state index < -0.39 is 12.0 Å². The first-order valence-electron chi connectivity index (χ1n) is 4.61. The van der Waals surface area contributed by atoms with Crippen LogP contribution < -0.4 is 11.1 Å². The molecule has 0 aromatic heterocycles. The quantitative estimate of drug-likeness (QED) is 0.509. The zero-order valence-electron chi connectivity index (χ0n) is 7.70. The normalized spacial score (nSPS) is 21.3. The van der Waals surface area contributed by atoms with Gasteiger partial charge in [0.25, 0.3) is 0 Å². The van der Waals surface area contributed by atoms with E-state index in [1.165, 1.54) is 0 Å². The minimum absolute atomic E-state index is 0.537. The Hall–Kier alpha value is -0.650. The molecule has 0 aliphatic carbocycles. The lowest BCUT2D eigenvalue weighted by atomic mass is 10.2. The monoisotopic (exact) mass is 187 g/mol. The van der Waals surface area contributed by atoms with Crippen molar-refractivity contribution in [1.29, 1.82) is 0 Å². The van der Waals surface area contributed by atoms with Gasteiger partial charge in [-0.1, -0.05) is 0 Å². The van der Waals surface area contributed by atoms with Crippen molar-refractivity contribution in [2.75, 3.05) is 32.7 Å². The van der Waals surface area contributed by atoms with Crippen LogP contribution in [-0.2, 0) is 4.79 Å². The number of hydrogen-bond acceptors (Lipinski definition) is 4. The minimum atomic E-state index is -0.907. The second-order valence-electron chi connectivity index (χ2n) is 3.33. The summed E-state index contributed by atoms with van der Waals surface area (Å²) in [6.07, 6.45) is 0.537. The Morgan fingerprint density at radius 2 is 2.15 bits per heavy atom. The Balaban J connectivity index is 2.13. The van der Waals surface area contributed by atoms with Crippen LogP contribution in [0.4, 0.5) is 0 Å². The second-order valence-corrected chi connectivity index (χ2v) is 3.33. The summed E-state index contributed by atoms with van der Waals surface area (Å²) >= 11 is 0. The highest BCUT2D eigenvalue weighted by Crippen LogP contribution is 1.96. The summed E-state index contributed by atoms with van der Waals surface area (Å²) < 4.78 is 0. The number of nitrogens with two attached hydrogens (primary N) is 1. The molecule has 0 aromatic rings. The molecule has 1 aliphatic heterocycles. The molecule has 1 aliphatic rings. The zero-order chi connectivity index (χ0) is 9.68. The van der Waals surface area contributed by atoms with Gasteiger partial charge >= 0.3 is 5.97 Å². The molecule has 1 unspecified atom stereocenters. The molecule has 0 aromatic carbocycles. The summed E-state index contributed by atoms with van der Waals surface area (Å²) in [7, 11) is 0. The fourth-order valence-corrected chi connectivity index (χ4v) is 1.38. The highest BCUT2D eigenvalue weighted by molar-refractivity contribution is 5.72. The molecule has 0 spiro atoms. The van der Waals surface area contributed by atoms with Gasteiger partial charge in [0.15, 0.2) is 0 Å². The summed E-state index contributed by atoms with van der Waals surface area (Å²) in [5, 5.41) is 11.8. The third-order valence-electron chi connectivity index (χ3n) is 2.28. The Morgan fingerprint density at radius 3 is 2.69 bits per heavy atom. The van der Waals surface area contributed by atoms with E-state index >= 15 is 0 Å². The van der Waals surface area contributed by atoms with Gasteiger partial charge in [0.1, 0.15) is 6.04 Å². The van der Waals surface area contributed by atoms with Gasteiger partial charge in [0, 0.05) is 32.7 Å². The molecule has 1 rings (SSSR count). The molecule has 0 radical (unpaired) electrons.